The molecule has 2 rings (SSSR count). The summed E-state index contributed by atoms with van der Waals surface area (Å²) < 4.78 is 0. The fourth-order valence-electron chi connectivity index (χ4n) is 2.07. The molecule has 0 N–H and O–H groups in total. The molecule has 0 heterocycles. The normalized spacial score (nSPS) is 13.3. The molecular weight excluding hydrogens is 216 g/mol. The standard InChI is InChI=1S/C18H18/c1-4-7-17-8-5-6-9-18(17)15(3)16-12-10-14(2)11-13-16/h4-13H,1H2,2-3H3/b17-7-,18-15+. The molecule has 0 unspecified atom stereocenters. The van der Waals surface area contributed by atoms with E-state index in [9.17, 15) is 0 Å². The van der Waals surface area contributed by atoms with Gasteiger partial charge in [0.1, 0.15) is 0 Å². The second-order valence-electron chi connectivity index (χ2n) is 4.48. The lowest BCUT2D eigenvalue weighted by Crippen LogP contribution is -2.25. The monoisotopic (exact) mass is 234 g/mol. The van der Waals surface area contributed by atoms with Gasteiger partial charge in [-0.15, -0.1) is 0 Å². The zero-order valence-corrected chi connectivity index (χ0v) is 11.0. The van der Waals surface area contributed by atoms with E-state index < -0.39 is 0 Å². The molecule has 0 aliphatic heterocycles. The van der Waals surface area contributed by atoms with Gasteiger partial charge in [-0.25, -0.2) is 0 Å². The smallest absolute Gasteiger partial charge is 0.0149 e. The first-order valence-corrected chi connectivity index (χ1v) is 6.18. The molecule has 0 heteroatoms. The van der Waals surface area contributed by atoms with Crippen molar-refractivity contribution in [3.05, 3.63) is 82.8 Å². The molecule has 2 aromatic rings. The summed E-state index contributed by atoms with van der Waals surface area (Å²) in [6.07, 6.45) is 3.88. The van der Waals surface area contributed by atoms with Gasteiger partial charge in [0, 0.05) is 0 Å². The molecular formula is C18H18. The number of benzene rings is 2. The Bertz CT molecular complexity index is 658. The van der Waals surface area contributed by atoms with Gasteiger partial charge in [-0.3, -0.25) is 0 Å². The topological polar surface area (TPSA) is 0 Å². The predicted molar refractivity (Wildman–Crippen MR) is 79.7 cm³/mol. The maximum absolute atomic E-state index is 3.78. The van der Waals surface area contributed by atoms with Crippen LogP contribution >= 0.6 is 0 Å². The maximum atomic E-state index is 3.78. The van der Waals surface area contributed by atoms with E-state index in [2.05, 4.69) is 69.0 Å². The molecule has 18 heavy (non-hydrogen) atoms. The van der Waals surface area contributed by atoms with Gasteiger partial charge >= 0.3 is 0 Å². The highest BCUT2D eigenvalue weighted by atomic mass is 14.0. The van der Waals surface area contributed by atoms with Crippen LogP contribution in [0.4, 0.5) is 0 Å². The SMILES string of the molecule is C=C/C=c1/cccc/c1=C(/C)c1ccc(C)cc1. The van der Waals surface area contributed by atoms with Crippen LogP contribution in [-0.2, 0) is 0 Å². The molecule has 0 fully saturated rings. The molecule has 0 spiro atoms. The molecule has 0 aromatic heterocycles. The number of rotatable bonds is 2. The minimum atomic E-state index is 1.21. The fraction of sp³-hybridized carbons (Fsp3) is 0.111. The lowest BCUT2D eigenvalue weighted by molar-refractivity contribution is 1.41. The molecule has 90 valence electrons. The maximum Gasteiger partial charge on any atom is -0.0149 e. The first-order chi connectivity index (χ1) is 8.72. The molecule has 0 saturated carbocycles. The summed E-state index contributed by atoms with van der Waals surface area (Å²) in [5.41, 5.74) is 3.85. The van der Waals surface area contributed by atoms with Crippen molar-refractivity contribution < 1.29 is 0 Å². The van der Waals surface area contributed by atoms with Crippen molar-refractivity contribution in [2.24, 2.45) is 0 Å². The molecule has 2 aromatic carbocycles. The van der Waals surface area contributed by atoms with Gasteiger partial charge in [-0.1, -0.05) is 72.8 Å². The van der Waals surface area contributed by atoms with Gasteiger partial charge in [0.15, 0.2) is 0 Å². The van der Waals surface area contributed by atoms with E-state index in [4.69, 9.17) is 0 Å². The molecule has 0 bridgehead atoms. The van der Waals surface area contributed by atoms with Crippen LogP contribution in [-0.4, -0.2) is 0 Å². The van der Waals surface area contributed by atoms with E-state index >= 15 is 0 Å². The van der Waals surface area contributed by atoms with Gasteiger partial charge in [0.2, 0.25) is 0 Å². The quantitative estimate of drug-likeness (QED) is 0.748. The van der Waals surface area contributed by atoms with Gasteiger partial charge in [-0.2, -0.15) is 0 Å². The lowest BCUT2D eigenvalue weighted by atomic mass is 10.0. The van der Waals surface area contributed by atoms with E-state index in [1.54, 1.807) is 0 Å². The van der Waals surface area contributed by atoms with Crippen molar-refractivity contribution in [3.8, 4) is 0 Å². The summed E-state index contributed by atoms with van der Waals surface area (Å²) in [5.74, 6) is 0. The summed E-state index contributed by atoms with van der Waals surface area (Å²) in [7, 11) is 0. The highest BCUT2D eigenvalue weighted by molar-refractivity contribution is 5.64. The van der Waals surface area contributed by atoms with Crippen molar-refractivity contribution in [1.29, 1.82) is 0 Å². The molecule has 0 atom stereocenters. The van der Waals surface area contributed by atoms with Crippen LogP contribution in [0, 0.1) is 6.92 Å². The van der Waals surface area contributed by atoms with E-state index in [-0.39, 0.29) is 0 Å². The Morgan fingerprint density at radius 3 is 2.33 bits per heavy atom. The number of hydrogen-bond acceptors (Lipinski definition) is 0. The number of aryl methyl sites for hydroxylation is 1. The third-order valence-corrected chi connectivity index (χ3v) is 3.15. The second-order valence-corrected chi connectivity index (χ2v) is 4.48. The first kappa shape index (κ1) is 12.4. The van der Waals surface area contributed by atoms with E-state index in [1.165, 1.54) is 27.1 Å². The highest BCUT2D eigenvalue weighted by Crippen LogP contribution is 2.10. The van der Waals surface area contributed by atoms with Crippen LogP contribution < -0.4 is 10.4 Å². The third kappa shape index (κ3) is 2.60. The summed E-state index contributed by atoms with van der Waals surface area (Å²) in [4.78, 5) is 0. The van der Waals surface area contributed by atoms with Crippen LogP contribution in [0.1, 0.15) is 18.1 Å². The Labute approximate surface area is 109 Å². The Kier molecular flexibility index (Phi) is 3.78. The van der Waals surface area contributed by atoms with E-state index in [1.807, 2.05) is 12.2 Å². The molecule has 0 aliphatic rings. The van der Waals surface area contributed by atoms with Crippen molar-refractivity contribution in [2.75, 3.05) is 0 Å². The Hall–Kier alpha value is -2.08. The van der Waals surface area contributed by atoms with Crippen molar-refractivity contribution >= 4 is 11.6 Å². The zero-order valence-electron chi connectivity index (χ0n) is 11.0. The predicted octanol–water partition coefficient (Wildman–Crippen LogP) is 3.18. The molecule has 0 amide bonds. The minimum Gasteiger partial charge on any atom is -0.0990 e. The van der Waals surface area contributed by atoms with Crippen LogP contribution in [0.25, 0.3) is 11.6 Å². The van der Waals surface area contributed by atoms with E-state index in [0.717, 1.165) is 0 Å². The molecule has 0 saturated heterocycles. The number of allylic oxidation sites excluding steroid dienone is 1. The zero-order chi connectivity index (χ0) is 13.0. The van der Waals surface area contributed by atoms with Crippen molar-refractivity contribution in [3.63, 3.8) is 0 Å². The van der Waals surface area contributed by atoms with Crippen molar-refractivity contribution in [1.82, 2.24) is 0 Å². The van der Waals surface area contributed by atoms with E-state index in [0.29, 0.717) is 0 Å². The van der Waals surface area contributed by atoms with Crippen LogP contribution in [0.2, 0.25) is 0 Å². The summed E-state index contributed by atoms with van der Waals surface area (Å²) >= 11 is 0. The summed E-state index contributed by atoms with van der Waals surface area (Å²) in [5, 5.41) is 2.48. The molecule has 0 aliphatic carbocycles. The highest BCUT2D eigenvalue weighted by Gasteiger charge is 1.97. The summed E-state index contributed by atoms with van der Waals surface area (Å²) in [6, 6.07) is 17.1. The molecule has 0 radical (unpaired) electrons. The van der Waals surface area contributed by atoms with Crippen LogP contribution in [0.3, 0.4) is 0 Å². The molecule has 0 nitrogen and oxygen atoms in total. The first-order valence-electron chi connectivity index (χ1n) is 6.18. The second kappa shape index (κ2) is 5.50. The largest absolute Gasteiger partial charge is 0.0990 e. The number of hydrogen-bond donors (Lipinski definition) is 0. The third-order valence-electron chi connectivity index (χ3n) is 3.15. The Balaban J connectivity index is 2.71. The minimum absolute atomic E-state index is 1.21. The van der Waals surface area contributed by atoms with Crippen molar-refractivity contribution in [2.45, 2.75) is 13.8 Å². The van der Waals surface area contributed by atoms with Crippen LogP contribution in [0.15, 0.2) is 61.2 Å². The van der Waals surface area contributed by atoms with Crippen LogP contribution in [0.5, 0.6) is 0 Å². The Morgan fingerprint density at radius 2 is 1.67 bits per heavy atom. The Morgan fingerprint density at radius 1 is 1.00 bits per heavy atom. The van der Waals surface area contributed by atoms with Gasteiger partial charge in [0.05, 0.1) is 0 Å². The van der Waals surface area contributed by atoms with Gasteiger partial charge in [0.25, 0.3) is 0 Å². The van der Waals surface area contributed by atoms with Gasteiger partial charge in [-0.05, 0) is 35.4 Å². The fourth-order valence-corrected chi connectivity index (χ4v) is 2.07. The van der Waals surface area contributed by atoms with Gasteiger partial charge < -0.3 is 0 Å². The summed E-state index contributed by atoms with van der Waals surface area (Å²) in [6.45, 7) is 8.05. The average Bonchev–Trinajstić information content (AvgIpc) is 2.40. The average molecular weight is 234 g/mol. The lowest BCUT2D eigenvalue weighted by Gasteiger charge is -2.03.